The number of halogens is 1. The van der Waals surface area contributed by atoms with E-state index < -0.39 is 6.10 Å². The first-order valence-electron chi connectivity index (χ1n) is 6.34. The van der Waals surface area contributed by atoms with Crippen LogP contribution in [-0.4, -0.2) is 12.6 Å². The standard InChI is InChI=1S/C16H15IO3/c1-2-19-16(18)15(12-6-4-3-5-7-12)20-14-10-8-13(17)9-11-14/h3-11,15H,2H2,1H3. The number of ether oxygens (including phenoxy) is 2. The Kier molecular flexibility index (Phi) is 5.40. The smallest absolute Gasteiger partial charge is 0.352 e. The average molecular weight is 382 g/mol. The van der Waals surface area contributed by atoms with Crippen LogP contribution < -0.4 is 4.74 Å². The highest BCUT2D eigenvalue weighted by Crippen LogP contribution is 2.24. The van der Waals surface area contributed by atoms with Crippen LogP contribution >= 0.6 is 22.6 Å². The largest absolute Gasteiger partial charge is 0.474 e. The number of carbonyl (C=O) groups excluding carboxylic acids is 1. The van der Waals surface area contributed by atoms with Gasteiger partial charge in [-0.15, -0.1) is 0 Å². The Morgan fingerprint density at radius 2 is 1.75 bits per heavy atom. The molecule has 0 amide bonds. The molecular formula is C16H15IO3. The highest BCUT2D eigenvalue weighted by molar-refractivity contribution is 14.1. The third-order valence-corrected chi connectivity index (χ3v) is 3.39. The fraction of sp³-hybridized carbons (Fsp3) is 0.188. The van der Waals surface area contributed by atoms with Crippen LogP contribution in [0.3, 0.4) is 0 Å². The van der Waals surface area contributed by atoms with Crippen LogP contribution in [0.5, 0.6) is 5.75 Å². The van der Waals surface area contributed by atoms with Crippen molar-refractivity contribution in [2.75, 3.05) is 6.61 Å². The van der Waals surface area contributed by atoms with Gasteiger partial charge in [0.1, 0.15) is 5.75 Å². The molecule has 0 fully saturated rings. The summed E-state index contributed by atoms with van der Waals surface area (Å²) in [5.41, 5.74) is 0.782. The molecule has 0 aliphatic heterocycles. The maximum absolute atomic E-state index is 12.1. The minimum Gasteiger partial charge on any atom is -0.474 e. The van der Waals surface area contributed by atoms with Crippen LogP contribution in [0.2, 0.25) is 0 Å². The number of benzene rings is 2. The molecule has 0 saturated carbocycles. The minimum atomic E-state index is -0.740. The fourth-order valence-corrected chi connectivity index (χ4v) is 2.11. The minimum absolute atomic E-state index is 0.332. The van der Waals surface area contributed by atoms with Gasteiger partial charge in [-0.25, -0.2) is 4.79 Å². The summed E-state index contributed by atoms with van der Waals surface area (Å²) >= 11 is 2.22. The molecule has 2 aromatic carbocycles. The molecule has 1 unspecified atom stereocenters. The summed E-state index contributed by atoms with van der Waals surface area (Å²) in [7, 11) is 0. The zero-order valence-electron chi connectivity index (χ0n) is 11.1. The third-order valence-electron chi connectivity index (χ3n) is 2.67. The van der Waals surface area contributed by atoms with Crippen molar-refractivity contribution in [2.24, 2.45) is 0 Å². The van der Waals surface area contributed by atoms with Crippen LogP contribution in [0.25, 0.3) is 0 Å². The van der Waals surface area contributed by atoms with Crippen molar-refractivity contribution in [3.05, 3.63) is 63.7 Å². The first kappa shape index (κ1) is 14.8. The van der Waals surface area contributed by atoms with E-state index in [1.807, 2.05) is 54.6 Å². The Labute approximate surface area is 132 Å². The normalized spacial score (nSPS) is 11.7. The number of esters is 1. The van der Waals surface area contributed by atoms with Gasteiger partial charge < -0.3 is 9.47 Å². The topological polar surface area (TPSA) is 35.5 Å². The summed E-state index contributed by atoms with van der Waals surface area (Å²) in [5.74, 6) is 0.268. The van der Waals surface area contributed by atoms with Crippen LogP contribution in [-0.2, 0) is 9.53 Å². The molecule has 104 valence electrons. The van der Waals surface area contributed by atoms with Gasteiger partial charge in [-0.1, -0.05) is 30.3 Å². The van der Waals surface area contributed by atoms with E-state index in [2.05, 4.69) is 22.6 Å². The van der Waals surface area contributed by atoms with Crippen molar-refractivity contribution in [3.8, 4) is 5.75 Å². The molecule has 0 N–H and O–H groups in total. The van der Waals surface area contributed by atoms with Gasteiger partial charge in [0.2, 0.25) is 6.10 Å². The van der Waals surface area contributed by atoms with E-state index in [1.165, 1.54) is 0 Å². The van der Waals surface area contributed by atoms with Gasteiger partial charge in [-0.2, -0.15) is 0 Å². The van der Waals surface area contributed by atoms with E-state index in [-0.39, 0.29) is 5.97 Å². The molecular weight excluding hydrogens is 367 g/mol. The van der Waals surface area contributed by atoms with E-state index in [0.29, 0.717) is 12.4 Å². The molecule has 0 spiro atoms. The molecule has 0 radical (unpaired) electrons. The number of carbonyl (C=O) groups is 1. The molecule has 0 aliphatic carbocycles. The van der Waals surface area contributed by atoms with Gasteiger partial charge in [0.15, 0.2) is 0 Å². The number of hydrogen-bond donors (Lipinski definition) is 0. The van der Waals surface area contributed by atoms with E-state index >= 15 is 0 Å². The lowest BCUT2D eigenvalue weighted by atomic mass is 10.1. The van der Waals surface area contributed by atoms with Crippen molar-refractivity contribution >= 4 is 28.6 Å². The number of rotatable bonds is 5. The molecule has 0 heterocycles. The van der Waals surface area contributed by atoms with Gasteiger partial charge >= 0.3 is 5.97 Å². The summed E-state index contributed by atoms with van der Waals surface area (Å²) in [4.78, 5) is 12.1. The second-order valence-corrected chi connectivity index (χ2v) is 5.36. The zero-order chi connectivity index (χ0) is 14.4. The van der Waals surface area contributed by atoms with Gasteiger partial charge in [-0.05, 0) is 53.8 Å². The monoisotopic (exact) mass is 382 g/mol. The Bertz CT molecular complexity index is 552. The summed E-state index contributed by atoms with van der Waals surface area (Å²) in [6.45, 7) is 2.11. The molecule has 0 saturated heterocycles. The number of hydrogen-bond acceptors (Lipinski definition) is 3. The summed E-state index contributed by atoms with van der Waals surface area (Å²) in [6.07, 6.45) is -0.740. The van der Waals surface area contributed by atoms with Gasteiger partial charge in [0, 0.05) is 9.13 Å². The molecule has 0 aliphatic rings. The summed E-state index contributed by atoms with van der Waals surface area (Å²) in [5, 5.41) is 0. The highest BCUT2D eigenvalue weighted by Gasteiger charge is 2.23. The molecule has 20 heavy (non-hydrogen) atoms. The van der Waals surface area contributed by atoms with Crippen LogP contribution in [0.15, 0.2) is 54.6 Å². The Hall–Kier alpha value is -1.56. The Morgan fingerprint density at radius 1 is 1.10 bits per heavy atom. The maximum atomic E-state index is 12.1. The lowest BCUT2D eigenvalue weighted by Crippen LogP contribution is -2.21. The second kappa shape index (κ2) is 7.28. The molecule has 0 aromatic heterocycles. The molecule has 0 bridgehead atoms. The van der Waals surface area contributed by atoms with Crippen LogP contribution in [0.1, 0.15) is 18.6 Å². The predicted molar refractivity (Wildman–Crippen MR) is 85.6 cm³/mol. The van der Waals surface area contributed by atoms with Crippen molar-refractivity contribution < 1.29 is 14.3 Å². The van der Waals surface area contributed by atoms with Gasteiger partial charge in [0.25, 0.3) is 0 Å². The molecule has 1 atom stereocenters. The van der Waals surface area contributed by atoms with Gasteiger partial charge in [-0.3, -0.25) is 0 Å². The predicted octanol–water partition coefficient (Wildman–Crippen LogP) is 3.97. The van der Waals surface area contributed by atoms with E-state index in [4.69, 9.17) is 9.47 Å². The first-order valence-corrected chi connectivity index (χ1v) is 7.42. The third kappa shape index (κ3) is 3.96. The van der Waals surface area contributed by atoms with E-state index in [0.717, 1.165) is 9.13 Å². The summed E-state index contributed by atoms with van der Waals surface area (Å²) < 4.78 is 12.0. The first-order chi connectivity index (χ1) is 9.70. The molecule has 4 heteroatoms. The Morgan fingerprint density at radius 3 is 2.35 bits per heavy atom. The summed E-state index contributed by atoms with van der Waals surface area (Å²) in [6, 6.07) is 16.9. The molecule has 3 nitrogen and oxygen atoms in total. The van der Waals surface area contributed by atoms with Crippen molar-refractivity contribution in [1.82, 2.24) is 0 Å². The van der Waals surface area contributed by atoms with Crippen molar-refractivity contribution in [1.29, 1.82) is 0 Å². The van der Waals surface area contributed by atoms with Gasteiger partial charge in [0.05, 0.1) is 6.61 Å². The second-order valence-electron chi connectivity index (χ2n) is 4.11. The highest BCUT2D eigenvalue weighted by atomic mass is 127. The molecule has 2 aromatic rings. The maximum Gasteiger partial charge on any atom is 0.352 e. The lowest BCUT2D eigenvalue weighted by Gasteiger charge is -2.18. The SMILES string of the molecule is CCOC(=O)C(Oc1ccc(I)cc1)c1ccccc1. The van der Waals surface area contributed by atoms with Crippen LogP contribution in [0.4, 0.5) is 0 Å². The van der Waals surface area contributed by atoms with Crippen molar-refractivity contribution in [3.63, 3.8) is 0 Å². The lowest BCUT2D eigenvalue weighted by molar-refractivity contribution is -0.151. The van der Waals surface area contributed by atoms with Crippen molar-refractivity contribution in [2.45, 2.75) is 13.0 Å². The van der Waals surface area contributed by atoms with Crippen LogP contribution in [0, 0.1) is 3.57 Å². The fourth-order valence-electron chi connectivity index (χ4n) is 1.75. The Balaban J connectivity index is 2.23. The van der Waals surface area contributed by atoms with E-state index in [9.17, 15) is 4.79 Å². The molecule has 2 rings (SSSR count). The quantitative estimate of drug-likeness (QED) is 0.580. The average Bonchev–Trinajstić information content (AvgIpc) is 2.48. The van der Waals surface area contributed by atoms with E-state index in [1.54, 1.807) is 6.92 Å². The zero-order valence-corrected chi connectivity index (χ0v) is 13.2.